The zero-order chi connectivity index (χ0) is 16.8. The Morgan fingerprint density at radius 3 is 2.27 bits per heavy atom. The van der Waals surface area contributed by atoms with Crippen LogP contribution in [-0.4, -0.2) is 31.1 Å². The van der Waals surface area contributed by atoms with Gasteiger partial charge in [-0.25, -0.2) is 4.79 Å². The third-order valence-electron chi connectivity index (χ3n) is 2.86. The van der Waals surface area contributed by atoms with E-state index in [2.05, 4.69) is 10.3 Å². The van der Waals surface area contributed by atoms with Crippen LogP contribution in [-0.2, 0) is 4.74 Å². The predicted octanol–water partition coefficient (Wildman–Crippen LogP) is 3.95. The largest absolute Gasteiger partial charge is 0.497 e. The molecule has 0 bridgehead atoms. The average Bonchev–Trinajstić information content (AvgIpc) is 2.41. The van der Waals surface area contributed by atoms with Gasteiger partial charge in [0.1, 0.15) is 11.4 Å². The number of aliphatic imine (C=N–C) groups is 1. The second kappa shape index (κ2) is 7.82. The highest BCUT2D eigenvalue weighted by atomic mass is 16.6. The molecule has 0 saturated heterocycles. The average molecular weight is 306 g/mol. The molecule has 0 aromatic heterocycles. The van der Waals surface area contributed by atoms with Gasteiger partial charge in [-0.15, -0.1) is 0 Å². The molecule has 0 heterocycles. The number of carbonyl (C=O) groups is 1. The van der Waals surface area contributed by atoms with Crippen molar-refractivity contribution in [3.05, 3.63) is 24.3 Å². The van der Waals surface area contributed by atoms with Gasteiger partial charge in [-0.3, -0.25) is 4.99 Å². The molecule has 22 heavy (non-hydrogen) atoms. The summed E-state index contributed by atoms with van der Waals surface area (Å²) in [6, 6.07) is 7.22. The quantitative estimate of drug-likeness (QED) is 0.838. The van der Waals surface area contributed by atoms with Crippen LogP contribution in [0.3, 0.4) is 0 Å². The van der Waals surface area contributed by atoms with Gasteiger partial charge in [-0.05, 0) is 51.0 Å². The lowest BCUT2D eigenvalue weighted by molar-refractivity contribution is 0.0509. The summed E-state index contributed by atoms with van der Waals surface area (Å²) in [4.78, 5) is 16.3. The van der Waals surface area contributed by atoms with Crippen molar-refractivity contribution in [3.8, 4) is 5.75 Å². The van der Waals surface area contributed by atoms with Crippen molar-refractivity contribution < 1.29 is 14.3 Å². The van der Waals surface area contributed by atoms with Gasteiger partial charge in [0, 0.05) is 6.21 Å². The Morgan fingerprint density at radius 1 is 1.23 bits per heavy atom. The van der Waals surface area contributed by atoms with Gasteiger partial charge >= 0.3 is 6.09 Å². The Balaban J connectivity index is 2.70. The van der Waals surface area contributed by atoms with Crippen LogP contribution in [0.4, 0.5) is 10.5 Å². The minimum atomic E-state index is -0.515. The van der Waals surface area contributed by atoms with Crippen LogP contribution in [0.25, 0.3) is 0 Å². The monoisotopic (exact) mass is 306 g/mol. The minimum absolute atomic E-state index is 0.197. The van der Waals surface area contributed by atoms with Crippen LogP contribution >= 0.6 is 0 Å². The van der Waals surface area contributed by atoms with Gasteiger partial charge in [-0.2, -0.15) is 0 Å². The van der Waals surface area contributed by atoms with E-state index in [-0.39, 0.29) is 12.0 Å². The third-order valence-corrected chi connectivity index (χ3v) is 2.86. The zero-order valence-corrected chi connectivity index (χ0v) is 14.2. The van der Waals surface area contributed by atoms with Crippen LogP contribution in [0.1, 0.15) is 34.6 Å². The molecule has 0 saturated carbocycles. The zero-order valence-electron chi connectivity index (χ0n) is 14.2. The summed E-state index contributed by atoms with van der Waals surface area (Å²) in [6.07, 6.45) is 1.29. The van der Waals surface area contributed by atoms with Crippen LogP contribution in [0.15, 0.2) is 29.3 Å². The van der Waals surface area contributed by atoms with Crippen LogP contribution in [0.5, 0.6) is 5.75 Å². The summed E-state index contributed by atoms with van der Waals surface area (Å²) in [5.41, 5.74) is 0.288. The molecular weight excluding hydrogens is 280 g/mol. The van der Waals surface area contributed by atoms with Crippen molar-refractivity contribution in [3.63, 3.8) is 0 Å². The summed E-state index contributed by atoms with van der Waals surface area (Å²) in [6.45, 7) is 9.54. The third kappa shape index (κ3) is 6.61. The highest BCUT2D eigenvalue weighted by molar-refractivity contribution is 5.77. The second-order valence-electron chi connectivity index (χ2n) is 6.39. The van der Waals surface area contributed by atoms with E-state index in [0.29, 0.717) is 0 Å². The number of rotatable bonds is 5. The van der Waals surface area contributed by atoms with E-state index in [0.717, 1.165) is 11.4 Å². The summed E-state index contributed by atoms with van der Waals surface area (Å²) in [5.74, 6) is 0.987. The molecule has 0 radical (unpaired) electrons. The number of hydrogen-bond acceptors (Lipinski definition) is 4. The maximum absolute atomic E-state index is 11.9. The minimum Gasteiger partial charge on any atom is -0.497 e. The first-order chi connectivity index (χ1) is 10.2. The van der Waals surface area contributed by atoms with Gasteiger partial charge in [0.25, 0.3) is 0 Å². The Hall–Kier alpha value is -2.04. The Bertz CT molecular complexity index is 502. The van der Waals surface area contributed by atoms with Gasteiger partial charge in [0.2, 0.25) is 0 Å². The molecule has 5 heteroatoms. The molecule has 0 spiro atoms. The Kier molecular flexibility index (Phi) is 6.40. The lowest BCUT2D eigenvalue weighted by Crippen LogP contribution is -2.42. The predicted molar refractivity (Wildman–Crippen MR) is 89.1 cm³/mol. The molecule has 1 aromatic carbocycles. The van der Waals surface area contributed by atoms with E-state index >= 15 is 0 Å². The van der Waals surface area contributed by atoms with Gasteiger partial charge in [-0.1, -0.05) is 13.8 Å². The molecular formula is C17H26N2O3. The van der Waals surface area contributed by atoms with E-state index in [1.807, 2.05) is 58.9 Å². The van der Waals surface area contributed by atoms with Crippen molar-refractivity contribution >= 4 is 18.0 Å². The van der Waals surface area contributed by atoms with Gasteiger partial charge < -0.3 is 14.8 Å². The standard InChI is InChI=1S/C17H26N2O3/c1-12(2)15(19-16(20)22-17(3,4)5)11-18-13-7-9-14(21-6)10-8-13/h7-12,15H,1-6H3,(H,19,20)/t15-/m1/s1. The van der Waals surface area contributed by atoms with Crippen LogP contribution in [0.2, 0.25) is 0 Å². The fourth-order valence-electron chi connectivity index (χ4n) is 1.65. The smallest absolute Gasteiger partial charge is 0.408 e. The SMILES string of the molecule is COc1ccc(N=C[C@@H](NC(=O)OC(C)(C)C)C(C)C)cc1. The van der Waals surface area contributed by atoms with Crippen molar-refractivity contribution in [2.75, 3.05) is 7.11 Å². The first-order valence-corrected chi connectivity index (χ1v) is 7.39. The summed E-state index contributed by atoms with van der Waals surface area (Å²) >= 11 is 0. The molecule has 0 unspecified atom stereocenters. The van der Waals surface area contributed by atoms with Gasteiger partial charge in [0.15, 0.2) is 0 Å². The number of benzene rings is 1. The Morgan fingerprint density at radius 2 is 1.82 bits per heavy atom. The fourth-order valence-corrected chi connectivity index (χ4v) is 1.65. The molecule has 1 rings (SSSR count). The van der Waals surface area contributed by atoms with Gasteiger partial charge in [0.05, 0.1) is 18.8 Å². The molecule has 1 amide bonds. The van der Waals surface area contributed by atoms with E-state index in [9.17, 15) is 4.79 Å². The van der Waals surface area contributed by atoms with E-state index in [4.69, 9.17) is 9.47 Å². The van der Waals surface area contributed by atoms with Crippen molar-refractivity contribution in [2.45, 2.75) is 46.3 Å². The van der Waals surface area contributed by atoms with E-state index in [1.54, 1.807) is 13.3 Å². The molecule has 5 nitrogen and oxygen atoms in total. The molecule has 0 fully saturated rings. The summed E-state index contributed by atoms with van der Waals surface area (Å²) < 4.78 is 10.4. The maximum atomic E-state index is 11.9. The number of nitrogens with one attached hydrogen (secondary N) is 1. The second-order valence-corrected chi connectivity index (χ2v) is 6.39. The summed E-state index contributed by atoms with van der Waals surface area (Å²) in [7, 11) is 1.62. The number of amides is 1. The number of ether oxygens (including phenoxy) is 2. The molecule has 0 aliphatic rings. The first-order valence-electron chi connectivity index (χ1n) is 7.39. The number of alkyl carbamates (subject to hydrolysis) is 1. The maximum Gasteiger partial charge on any atom is 0.408 e. The lowest BCUT2D eigenvalue weighted by Gasteiger charge is -2.23. The highest BCUT2D eigenvalue weighted by Gasteiger charge is 2.20. The highest BCUT2D eigenvalue weighted by Crippen LogP contribution is 2.17. The molecule has 122 valence electrons. The van der Waals surface area contributed by atoms with Crippen molar-refractivity contribution in [2.24, 2.45) is 10.9 Å². The normalized spacial score (nSPS) is 13.2. The van der Waals surface area contributed by atoms with Crippen LogP contribution < -0.4 is 10.1 Å². The number of methoxy groups -OCH3 is 1. The molecule has 1 N–H and O–H groups in total. The fraction of sp³-hybridized carbons (Fsp3) is 0.529. The van der Waals surface area contributed by atoms with E-state index < -0.39 is 11.7 Å². The Labute approximate surface area is 132 Å². The van der Waals surface area contributed by atoms with Crippen molar-refractivity contribution in [1.82, 2.24) is 5.32 Å². The lowest BCUT2D eigenvalue weighted by atomic mass is 10.1. The molecule has 0 aliphatic carbocycles. The van der Waals surface area contributed by atoms with E-state index in [1.165, 1.54) is 0 Å². The van der Waals surface area contributed by atoms with Crippen molar-refractivity contribution in [1.29, 1.82) is 0 Å². The van der Waals surface area contributed by atoms with Crippen LogP contribution in [0, 0.1) is 5.92 Å². The number of hydrogen-bond donors (Lipinski definition) is 1. The molecule has 1 atom stereocenters. The first kappa shape index (κ1) is 18.0. The molecule has 1 aromatic rings. The number of carbonyl (C=O) groups excluding carboxylic acids is 1. The number of nitrogens with zero attached hydrogens (tertiary/aromatic N) is 1. The molecule has 0 aliphatic heterocycles. The summed E-state index contributed by atoms with van der Waals surface area (Å²) in [5, 5.41) is 2.83. The topological polar surface area (TPSA) is 59.9 Å².